The maximum absolute atomic E-state index is 11.4. The Morgan fingerprint density at radius 2 is 1.77 bits per heavy atom. The lowest BCUT2D eigenvalue weighted by molar-refractivity contribution is -0.157. The summed E-state index contributed by atoms with van der Waals surface area (Å²) in [6.45, 7) is 4.03. The molecule has 74 valence electrons. The van der Waals surface area contributed by atoms with Gasteiger partial charge in [-0.15, -0.1) is 0 Å². The van der Waals surface area contributed by atoms with Crippen molar-refractivity contribution in [1.82, 2.24) is 0 Å². The third-order valence-electron chi connectivity index (χ3n) is 1.92. The molecule has 13 heavy (non-hydrogen) atoms. The normalized spacial score (nSPS) is 23.5. The van der Waals surface area contributed by atoms with Crippen LogP contribution in [0.15, 0.2) is 0 Å². The van der Waals surface area contributed by atoms with E-state index in [9.17, 15) is 9.59 Å². The number of hydrogen-bond acceptors (Lipinski definition) is 4. The largest absolute Gasteiger partial charge is 0.466 e. The Hall–Kier alpha value is -1.06. The van der Waals surface area contributed by atoms with E-state index in [1.807, 2.05) is 0 Å². The summed E-state index contributed by atoms with van der Waals surface area (Å²) in [6, 6.07) is 0. The van der Waals surface area contributed by atoms with Crippen molar-refractivity contribution in [3.8, 4) is 0 Å². The van der Waals surface area contributed by atoms with Gasteiger partial charge >= 0.3 is 11.9 Å². The molecule has 0 aromatic carbocycles. The first kappa shape index (κ1) is 10.0. The first-order valence-corrected chi connectivity index (χ1v) is 4.35. The molecule has 1 saturated heterocycles. The van der Waals surface area contributed by atoms with E-state index in [4.69, 9.17) is 9.47 Å². The van der Waals surface area contributed by atoms with Gasteiger partial charge in [0.15, 0.2) is 0 Å². The molecule has 0 N–H and O–H groups in total. The number of hydrogen-bond donors (Lipinski definition) is 0. The molecule has 1 fully saturated rings. The highest BCUT2D eigenvalue weighted by Gasteiger charge is 2.33. The zero-order chi connectivity index (χ0) is 9.90. The van der Waals surface area contributed by atoms with Crippen LogP contribution < -0.4 is 0 Å². The van der Waals surface area contributed by atoms with E-state index in [1.54, 1.807) is 13.8 Å². The van der Waals surface area contributed by atoms with Gasteiger partial charge in [0.1, 0.15) is 0 Å². The van der Waals surface area contributed by atoms with Crippen molar-refractivity contribution in [3.05, 3.63) is 0 Å². The molecular weight excluding hydrogens is 172 g/mol. The van der Waals surface area contributed by atoms with E-state index >= 15 is 0 Å². The summed E-state index contributed by atoms with van der Waals surface area (Å²) >= 11 is 0. The van der Waals surface area contributed by atoms with Gasteiger partial charge in [0.2, 0.25) is 0 Å². The zero-order valence-corrected chi connectivity index (χ0v) is 7.96. The Morgan fingerprint density at radius 3 is 2.46 bits per heavy atom. The van der Waals surface area contributed by atoms with E-state index < -0.39 is 5.41 Å². The minimum atomic E-state index is -0.762. The molecule has 1 aliphatic rings. The number of cyclic esters (lactones) is 2. The van der Waals surface area contributed by atoms with Crippen molar-refractivity contribution in [2.24, 2.45) is 5.41 Å². The third-order valence-corrected chi connectivity index (χ3v) is 1.92. The zero-order valence-electron chi connectivity index (χ0n) is 7.96. The van der Waals surface area contributed by atoms with E-state index in [-0.39, 0.29) is 18.4 Å². The van der Waals surface area contributed by atoms with Crippen LogP contribution in [0.2, 0.25) is 0 Å². The second-order valence-electron chi connectivity index (χ2n) is 3.77. The predicted molar refractivity (Wildman–Crippen MR) is 44.9 cm³/mol. The molecule has 0 aromatic rings. The van der Waals surface area contributed by atoms with Gasteiger partial charge in [-0.3, -0.25) is 9.59 Å². The molecule has 0 radical (unpaired) electrons. The van der Waals surface area contributed by atoms with Crippen molar-refractivity contribution < 1.29 is 19.1 Å². The molecule has 0 bridgehead atoms. The average molecular weight is 186 g/mol. The van der Waals surface area contributed by atoms with Crippen molar-refractivity contribution in [2.45, 2.75) is 26.7 Å². The molecule has 0 amide bonds. The molecular formula is C9H14O4. The van der Waals surface area contributed by atoms with Gasteiger partial charge in [0, 0.05) is 6.42 Å². The van der Waals surface area contributed by atoms with Crippen molar-refractivity contribution in [2.75, 3.05) is 13.2 Å². The number of esters is 2. The predicted octanol–water partition coefficient (Wildman–Crippen LogP) is 0.893. The van der Waals surface area contributed by atoms with Gasteiger partial charge in [-0.2, -0.15) is 0 Å². The second kappa shape index (κ2) is 3.77. The summed E-state index contributed by atoms with van der Waals surface area (Å²) in [5.74, 6) is -0.657. The van der Waals surface area contributed by atoms with E-state index in [1.165, 1.54) is 0 Å². The molecule has 0 spiro atoms. The topological polar surface area (TPSA) is 52.6 Å². The molecule has 1 aliphatic heterocycles. The van der Waals surface area contributed by atoms with Crippen LogP contribution in [0, 0.1) is 5.41 Å². The highest BCUT2D eigenvalue weighted by atomic mass is 16.5. The Morgan fingerprint density at radius 1 is 1.15 bits per heavy atom. The molecule has 0 unspecified atom stereocenters. The highest BCUT2D eigenvalue weighted by Crippen LogP contribution is 2.23. The lowest BCUT2D eigenvalue weighted by atomic mass is 9.90. The number of ether oxygens (including phenoxy) is 2. The quantitative estimate of drug-likeness (QED) is 0.527. The van der Waals surface area contributed by atoms with Crippen LogP contribution in [-0.4, -0.2) is 25.2 Å². The minimum Gasteiger partial charge on any atom is -0.466 e. The summed E-state index contributed by atoms with van der Waals surface area (Å²) in [7, 11) is 0. The Balaban J connectivity index is 2.69. The molecule has 4 nitrogen and oxygen atoms in total. The SMILES string of the molecule is CC1(C)CC(=O)OCCCOC1=O. The van der Waals surface area contributed by atoms with Gasteiger partial charge in [0.25, 0.3) is 0 Å². The van der Waals surface area contributed by atoms with Crippen LogP contribution in [0.1, 0.15) is 26.7 Å². The van der Waals surface area contributed by atoms with E-state index in [0.29, 0.717) is 19.6 Å². The summed E-state index contributed by atoms with van der Waals surface area (Å²) in [5.41, 5.74) is -0.762. The third kappa shape index (κ3) is 2.72. The summed E-state index contributed by atoms with van der Waals surface area (Å²) in [6.07, 6.45) is 0.666. The Labute approximate surface area is 77.2 Å². The molecule has 0 aromatic heterocycles. The van der Waals surface area contributed by atoms with E-state index in [2.05, 4.69) is 0 Å². The lowest BCUT2D eigenvalue weighted by Gasteiger charge is -2.19. The first-order chi connectivity index (χ1) is 6.02. The first-order valence-electron chi connectivity index (χ1n) is 4.35. The summed E-state index contributed by atoms with van der Waals surface area (Å²) in [5, 5.41) is 0. The fourth-order valence-corrected chi connectivity index (χ4v) is 1.09. The number of rotatable bonds is 0. The van der Waals surface area contributed by atoms with Crippen LogP contribution in [0.25, 0.3) is 0 Å². The molecule has 1 heterocycles. The summed E-state index contributed by atoms with van der Waals surface area (Å²) in [4.78, 5) is 22.5. The Bertz CT molecular complexity index is 220. The van der Waals surface area contributed by atoms with Crippen LogP contribution >= 0.6 is 0 Å². The van der Waals surface area contributed by atoms with Crippen molar-refractivity contribution in [1.29, 1.82) is 0 Å². The number of carbonyl (C=O) groups excluding carboxylic acids is 2. The van der Waals surface area contributed by atoms with Gasteiger partial charge in [-0.1, -0.05) is 0 Å². The maximum Gasteiger partial charge on any atom is 0.312 e. The molecule has 0 saturated carbocycles. The molecule has 4 heteroatoms. The van der Waals surface area contributed by atoms with Gasteiger partial charge in [-0.05, 0) is 13.8 Å². The summed E-state index contributed by atoms with van der Waals surface area (Å²) < 4.78 is 9.83. The molecule has 1 rings (SSSR count). The smallest absolute Gasteiger partial charge is 0.312 e. The maximum atomic E-state index is 11.4. The molecule has 0 atom stereocenters. The van der Waals surface area contributed by atoms with Gasteiger partial charge in [0.05, 0.1) is 25.0 Å². The Kier molecular flexibility index (Phi) is 2.90. The second-order valence-corrected chi connectivity index (χ2v) is 3.77. The minimum absolute atomic E-state index is 0.0891. The average Bonchev–Trinajstić information content (AvgIpc) is 2.05. The number of carbonyl (C=O) groups is 2. The van der Waals surface area contributed by atoms with Crippen LogP contribution in [-0.2, 0) is 19.1 Å². The van der Waals surface area contributed by atoms with Crippen LogP contribution in [0.4, 0.5) is 0 Å². The fraction of sp³-hybridized carbons (Fsp3) is 0.778. The fourth-order valence-electron chi connectivity index (χ4n) is 1.09. The highest BCUT2D eigenvalue weighted by molar-refractivity contribution is 5.82. The van der Waals surface area contributed by atoms with Crippen molar-refractivity contribution in [3.63, 3.8) is 0 Å². The van der Waals surface area contributed by atoms with Crippen LogP contribution in [0.3, 0.4) is 0 Å². The lowest BCUT2D eigenvalue weighted by Crippen LogP contribution is -2.29. The monoisotopic (exact) mass is 186 g/mol. The van der Waals surface area contributed by atoms with Crippen LogP contribution in [0.5, 0.6) is 0 Å². The van der Waals surface area contributed by atoms with Gasteiger partial charge in [-0.25, -0.2) is 0 Å². The van der Waals surface area contributed by atoms with E-state index in [0.717, 1.165) is 0 Å². The molecule has 0 aliphatic carbocycles. The van der Waals surface area contributed by atoms with Gasteiger partial charge < -0.3 is 9.47 Å². The standard InChI is InChI=1S/C9H14O4/c1-9(2)6-7(10)12-4-3-5-13-8(9)11/h3-6H2,1-2H3. The van der Waals surface area contributed by atoms with Crippen molar-refractivity contribution >= 4 is 11.9 Å².